The van der Waals surface area contributed by atoms with Crippen LogP contribution < -0.4 is 0 Å². The number of carbonyl (C=O) groups excluding carboxylic acids is 1. The zero-order valence-electron chi connectivity index (χ0n) is 10.2. The van der Waals surface area contributed by atoms with Crippen LogP contribution in [0.1, 0.15) is 25.7 Å². The Morgan fingerprint density at radius 2 is 2.39 bits per heavy atom. The van der Waals surface area contributed by atoms with Crippen molar-refractivity contribution in [1.82, 2.24) is 14.5 Å². The minimum absolute atomic E-state index is 0.125. The van der Waals surface area contributed by atoms with Gasteiger partial charge in [0.2, 0.25) is 0 Å². The SMILES string of the molecule is CC1CC(N(C)Cc2nccn2C(F)F)C(=O)O1. The molecule has 0 N–H and O–H groups in total. The molecule has 18 heavy (non-hydrogen) atoms. The first-order valence-electron chi connectivity index (χ1n) is 5.69. The van der Waals surface area contributed by atoms with Crippen molar-refractivity contribution in [1.29, 1.82) is 0 Å². The van der Waals surface area contributed by atoms with Gasteiger partial charge < -0.3 is 4.74 Å². The summed E-state index contributed by atoms with van der Waals surface area (Å²) in [5.74, 6) is -0.0694. The number of esters is 1. The fourth-order valence-corrected chi connectivity index (χ4v) is 2.07. The minimum atomic E-state index is -2.62. The number of hydrogen-bond acceptors (Lipinski definition) is 4. The first-order valence-corrected chi connectivity index (χ1v) is 5.69. The highest BCUT2D eigenvalue weighted by Crippen LogP contribution is 2.21. The average Bonchev–Trinajstić information content (AvgIpc) is 2.85. The van der Waals surface area contributed by atoms with E-state index in [0.29, 0.717) is 6.42 Å². The predicted molar refractivity (Wildman–Crippen MR) is 58.9 cm³/mol. The molecule has 2 rings (SSSR count). The van der Waals surface area contributed by atoms with E-state index < -0.39 is 6.55 Å². The van der Waals surface area contributed by atoms with Gasteiger partial charge in [0.1, 0.15) is 18.0 Å². The van der Waals surface area contributed by atoms with Crippen LogP contribution in [0.4, 0.5) is 8.78 Å². The maximum atomic E-state index is 12.6. The smallest absolute Gasteiger partial charge is 0.323 e. The van der Waals surface area contributed by atoms with E-state index in [0.717, 1.165) is 4.57 Å². The monoisotopic (exact) mass is 259 g/mol. The van der Waals surface area contributed by atoms with E-state index in [1.54, 1.807) is 11.9 Å². The molecule has 0 bridgehead atoms. The molecule has 0 aromatic carbocycles. The molecule has 1 aromatic rings. The van der Waals surface area contributed by atoms with Crippen molar-refractivity contribution in [3.63, 3.8) is 0 Å². The van der Waals surface area contributed by atoms with Crippen LogP contribution in [0.2, 0.25) is 0 Å². The Kier molecular flexibility index (Phi) is 3.60. The fourth-order valence-electron chi connectivity index (χ4n) is 2.07. The highest BCUT2D eigenvalue weighted by molar-refractivity contribution is 5.77. The van der Waals surface area contributed by atoms with Gasteiger partial charge in [0, 0.05) is 18.8 Å². The van der Waals surface area contributed by atoms with Gasteiger partial charge in [0.15, 0.2) is 0 Å². The molecule has 1 saturated heterocycles. The van der Waals surface area contributed by atoms with Crippen molar-refractivity contribution < 1.29 is 18.3 Å². The molecule has 0 radical (unpaired) electrons. The lowest BCUT2D eigenvalue weighted by Crippen LogP contribution is -2.35. The van der Waals surface area contributed by atoms with Gasteiger partial charge in [-0.1, -0.05) is 0 Å². The molecular weight excluding hydrogens is 244 g/mol. The molecule has 100 valence electrons. The zero-order valence-corrected chi connectivity index (χ0v) is 10.2. The number of hydrogen-bond donors (Lipinski definition) is 0. The number of carbonyl (C=O) groups is 1. The van der Waals surface area contributed by atoms with Gasteiger partial charge in [-0.3, -0.25) is 14.3 Å². The van der Waals surface area contributed by atoms with Gasteiger partial charge in [0.05, 0.1) is 6.54 Å². The van der Waals surface area contributed by atoms with Gasteiger partial charge in [-0.2, -0.15) is 8.78 Å². The number of rotatable bonds is 4. The minimum Gasteiger partial charge on any atom is -0.461 e. The second-order valence-electron chi connectivity index (χ2n) is 4.44. The molecule has 2 unspecified atom stereocenters. The summed E-state index contributed by atoms with van der Waals surface area (Å²) in [7, 11) is 1.70. The van der Waals surface area contributed by atoms with E-state index in [9.17, 15) is 13.6 Å². The molecule has 7 heteroatoms. The second-order valence-corrected chi connectivity index (χ2v) is 4.44. The molecule has 1 aromatic heterocycles. The Morgan fingerprint density at radius 3 is 2.94 bits per heavy atom. The van der Waals surface area contributed by atoms with E-state index in [4.69, 9.17) is 4.74 Å². The maximum absolute atomic E-state index is 12.6. The van der Waals surface area contributed by atoms with Crippen LogP contribution in [0.25, 0.3) is 0 Å². The van der Waals surface area contributed by atoms with Gasteiger partial charge in [-0.25, -0.2) is 4.98 Å². The Bertz CT molecular complexity index is 436. The number of alkyl halides is 2. The van der Waals surface area contributed by atoms with Crippen molar-refractivity contribution in [2.24, 2.45) is 0 Å². The molecule has 2 heterocycles. The number of ether oxygens (including phenoxy) is 1. The van der Waals surface area contributed by atoms with Crippen molar-refractivity contribution in [3.8, 4) is 0 Å². The molecule has 1 fully saturated rings. The molecule has 0 amide bonds. The summed E-state index contributed by atoms with van der Waals surface area (Å²) in [5, 5.41) is 0. The third kappa shape index (κ3) is 2.50. The largest absolute Gasteiger partial charge is 0.461 e. The van der Waals surface area contributed by atoms with Crippen molar-refractivity contribution in [2.75, 3.05) is 7.05 Å². The molecule has 1 aliphatic heterocycles. The lowest BCUT2D eigenvalue weighted by molar-refractivity contribution is -0.144. The molecular formula is C11H15F2N3O2. The van der Waals surface area contributed by atoms with Gasteiger partial charge >= 0.3 is 12.5 Å². The Hall–Kier alpha value is -1.50. The lowest BCUT2D eigenvalue weighted by Gasteiger charge is -2.20. The summed E-state index contributed by atoms with van der Waals surface area (Å²) >= 11 is 0. The molecule has 5 nitrogen and oxygen atoms in total. The van der Waals surface area contributed by atoms with Crippen LogP contribution in [0.3, 0.4) is 0 Å². The van der Waals surface area contributed by atoms with Crippen LogP contribution >= 0.6 is 0 Å². The number of imidazole rings is 1. The third-order valence-corrected chi connectivity index (χ3v) is 3.03. The predicted octanol–water partition coefficient (Wildman–Crippen LogP) is 1.41. The Balaban J connectivity index is 2.05. The molecule has 0 aliphatic carbocycles. The highest BCUT2D eigenvalue weighted by Gasteiger charge is 2.35. The number of aromatic nitrogens is 2. The molecule has 0 saturated carbocycles. The summed E-state index contributed by atoms with van der Waals surface area (Å²) in [5.41, 5.74) is 0. The fraction of sp³-hybridized carbons (Fsp3) is 0.636. The van der Waals surface area contributed by atoms with Crippen LogP contribution in [0.15, 0.2) is 12.4 Å². The number of halogens is 2. The topological polar surface area (TPSA) is 47.4 Å². The maximum Gasteiger partial charge on any atom is 0.323 e. The van der Waals surface area contributed by atoms with Gasteiger partial charge in [0.25, 0.3) is 0 Å². The summed E-state index contributed by atoms with van der Waals surface area (Å²) in [4.78, 5) is 17.1. The Labute approximate surface area is 103 Å². The van der Waals surface area contributed by atoms with Crippen molar-refractivity contribution in [3.05, 3.63) is 18.2 Å². The van der Waals surface area contributed by atoms with Crippen LogP contribution in [-0.2, 0) is 16.1 Å². The number of cyclic esters (lactones) is 1. The van der Waals surface area contributed by atoms with Gasteiger partial charge in [-0.05, 0) is 14.0 Å². The van der Waals surface area contributed by atoms with Crippen molar-refractivity contribution >= 4 is 5.97 Å². The van der Waals surface area contributed by atoms with E-state index >= 15 is 0 Å². The van der Waals surface area contributed by atoms with Crippen LogP contribution in [-0.4, -0.2) is 39.6 Å². The summed E-state index contributed by atoms with van der Waals surface area (Å²) in [6.07, 6.45) is 3.00. The standard InChI is InChI=1S/C11H15F2N3O2/c1-7-5-8(10(17)18-7)15(2)6-9-14-3-4-16(9)11(12)13/h3-4,7-8,11H,5-6H2,1-2H3. The normalized spacial score (nSPS) is 24.0. The first-order chi connectivity index (χ1) is 8.49. The summed E-state index contributed by atoms with van der Waals surface area (Å²) < 4.78 is 31.1. The Morgan fingerprint density at radius 1 is 1.67 bits per heavy atom. The molecule has 0 spiro atoms. The van der Waals surface area contributed by atoms with Crippen molar-refractivity contribution in [2.45, 2.75) is 38.6 Å². The van der Waals surface area contributed by atoms with E-state index in [-0.39, 0.29) is 30.5 Å². The van der Waals surface area contributed by atoms with Gasteiger partial charge in [-0.15, -0.1) is 0 Å². The first kappa shape index (κ1) is 12.9. The molecule has 2 atom stereocenters. The van der Waals surface area contributed by atoms with E-state index in [1.165, 1.54) is 12.4 Å². The summed E-state index contributed by atoms with van der Waals surface area (Å²) in [6.45, 7) is -0.624. The summed E-state index contributed by atoms with van der Waals surface area (Å²) in [6, 6.07) is -0.386. The lowest BCUT2D eigenvalue weighted by atomic mass is 10.1. The van der Waals surface area contributed by atoms with E-state index in [1.807, 2.05) is 6.92 Å². The zero-order chi connectivity index (χ0) is 13.3. The molecule has 1 aliphatic rings. The number of nitrogens with zero attached hydrogens (tertiary/aromatic N) is 3. The quantitative estimate of drug-likeness (QED) is 0.767. The van der Waals surface area contributed by atoms with Crippen LogP contribution in [0.5, 0.6) is 0 Å². The average molecular weight is 259 g/mol. The van der Waals surface area contributed by atoms with E-state index in [2.05, 4.69) is 4.98 Å². The van der Waals surface area contributed by atoms with Crippen LogP contribution in [0, 0.1) is 0 Å². The highest BCUT2D eigenvalue weighted by atomic mass is 19.3. The third-order valence-electron chi connectivity index (χ3n) is 3.03. The second kappa shape index (κ2) is 5.01. The number of likely N-dealkylation sites (N-methyl/N-ethyl adjacent to an activating group) is 1.